The first-order valence-electron chi connectivity index (χ1n) is 5.80. The number of hydrogen-bond acceptors (Lipinski definition) is 4. The third-order valence-corrected chi connectivity index (χ3v) is 3.38. The van der Waals surface area contributed by atoms with Crippen molar-refractivity contribution >= 4 is 28.5 Å². The van der Waals surface area contributed by atoms with Crippen molar-refractivity contribution in [3.63, 3.8) is 0 Å². The highest BCUT2D eigenvalue weighted by atomic mass is 35.5. The largest absolute Gasteiger partial charge is 0.383 e. The average Bonchev–Trinajstić information content (AvgIpc) is 2.76. The molecular formula is C13H12ClN5. The van der Waals surface area contributed by atoms with Crippen molar-refractivity contribution in [2.45, 2.75) is 13.8 Å². The molecule has 2 N–H and O–H groups in total. The fourth-order valence-corrected chi connectivity index (χ4v) is 2.12. The van der Waals surface area contributed by atoms with Gasteiger partial charge in [-0.25, -0.2) is 14.6 Å². The Balaban J connectivity index is 2.28. The van der Waals surface area contributed by atoms with E-state index >= 15 is 0 Å². The second-order valence-corrected chi connectivity index (χ2v) is 4.79. The van der Waals surface area contributed by atoms with Crippen molar-refractivity contribution in [2.75, 3.05) is 5.73 Å². The van der Waals surface area contributed by atoms with Crippen LogP contribution < -0.4 is 5.73 Å². The number of aromatic nitrogens is 4. The zero-order valence-electron chi connectivity index (χ0n) is 10.6. The third kappa shape index (κ3) is 1.92. The predicted molar refractivity (Wildman–Crippen MR) is 75.6 cm³/mol. The van der Waals surface area contributed by atoms with Gasteiger partial charge in [0.15, 0.2) is 5.65 Å². The van der Waals surface area contributed by atoms with Crippen LogP contribution in [-0.2, 0) is 0 Å². The quantitative estimate of drug-likeness (QED) is 0.740. The van der Waals surface area contributed by atoms with E-state index < -0.39 is 0 Å². The van der Waals surface area contributed by atoms with Crippen LogP contribution in [0, 0.1) is 13.8 Å². The minimum absolute atomic E-state index is 0.437. The number of nitrogen functional groups attached to an aromatic ring is 1. The Hall–Kier alpha value is -2.14. The Labute approximate surface area is 115 Å². The zero-order chi connectivity index (χ0) is 13.6. The Morgan fingerprint density at radius 3 is 2.74 bits per heavy atom. The van der Waals surface area contributed by atoms with E-state index in [0.29, 0.717) is 22.3 Å². The smallest absolute Gasteiger partial charge is 0.168 e. The van der Waals surface area contributed by atoms with Crippen LogP contribution in [0.4, 0.5) is 5.82 Å². The van der Waals surface area contributed by atoms with E-state index in [2.05, 4.69) is 15.1 Å². The van der Waals surface area contributed by atoms with Gasteiger partial charge in [-0.2, -0.15) is 5.10 Å². The molecule has 19 heavy (non-hydrogen) atoms. The molecule has 0 saturated carbocycles. The van der Waals surface area contributed by atoms with Gasteiger partial charge in [-0.05, 0) is 31.5 Å². The van der Waals surface area contributed by atoms with E-state index in [1.165, 1.54) is 0 Å². The molecule has 0 radical (unpaired) electrons. The Morgan fingerprint density at radius 1 is 1.21 bits per heavy atom. The Kier molecular flexibility index (Phi) is 2.64. The predicted octanol–water partition coefficient (Wildman–Crippen LogP) is 2.67. The molecule has 0 atom stereocenters. The van der Waals surface area contributed by atoms with E-state index in [1.54, 1.807) is 17.8 Å². The van der Waals surface area contributed by atoms with Crippen molar-refractivity contribution in [3.8, 4) is 5.69 Å². The number of hydrogen-bond donors (Lipinski definition) is 1. The van der Waals surface area contributed by atoms with Crippen molar-refractivity contribution in [1.29, 1.82) is 0 Å². The molecule has 2 aromatic heterocycles. The first-order chi connectivity index (χ1) is 9.06. The van der Waals surface area contributed by atoms with Crippen molar-refractivity contribution in [3.05, 3.63) is 40.8 Å². The van der Waals surface area contributed by atoms with Gasteiger partial charge < -0.3 is 5.73 Å². The van der Waals surface area contributed by atoms with Crippen LogP contribution in [-0.4, -0.2) is 19.7 Å². The first kappa shape index (κ1) is 11.9. The normalized spacial score (nSPS) is 11.1. The number of rotatable bonds is 1. The van der Waals surface area contributed by atoms with Crippen LogP contribution in [0.2, 0.25) is 5.02 Å². The lowest BCUT2D eigenvalue weighted by molar-refractivity contribution is 0.889. The third-order valence-electron chi connectivity index (χ3n) is 2.97. The summed E-state index contributed by atoms with van der Waals surface area (Å²) < 4.78 is 1.71. The van der Waals surface area contributed by atoms with Gasteiger partial charge in [-0.3, -0.25) is 0 Å². The number of fused-ring (bicyclic) bond motifs is 1. The van der Waals surface area contributed by atoms with E-state index in [9.17, 15) is 0 Å². The molecule has 3 aromatic rings. The standard InChI is InChI=1S/C13H12ClN5/c1-7-3-4-9(5-11(7)14)19-13-10(6-16-19)12(15)17-8(2)18-13/h3-6H,1-2H3,(H2,15,17,18). The summed E-state index contributed by atoms with van der Waals surface area (Å²) in [5, 5.41) is 5.75. The monoisotopic (exact) mass is 273 g/mol. The molecule has 0 fully saturated rings. The topological polar surface area (TPSA) is 69.6 Å². The molecule has 2 heterocycles. The molecule has 1 aromatic carbocycles. The second kappa shape index (κ2) is 4.20. The summed E-state index contributed by atoms with van der Waals surface area (Å²) in [4.78, 5) is 8.52. The van der Waals surface area contributed by atoms with E-state index in [4.69, 9.17) is 17.3 Å². The Morgan fingerprint density at radius 2 is 2.00 bits per heavy atom. The highest BCUT2D eigenvalue weighted by Gasteiger charge is 2.11. The van der Waals surface area contributed by atoms with Crippen molar-refractivity contribution in [2.24, 2.45) is 0 Å². The fourth-order valence-electron chi connectivity index (χ4n) is 1.95. The highest BCUT2D eigenvalue weighted by Crippen LogP contribution is 2.23. The minimum Gasteiger partial charge on any atom is -0.383 e. The lowest BCUT2D eigenvalue weighted by atomic mass is 10.2. The maximum absolute atomic E-state index is 6.15. The highest BCUT2D eigenvalue weighted by molar-refractivity contribution is 6.31. The molecule has 96 valence electrons. The summed E-state index contributed by atoms with van der Waals surface area (Å²) in [6.07, 6.45) is 1.66. The van der Waals surface area contributed by atoms with Gasteiger partial charge in [0.1, 0.15) is 11.6 Å². The Bertz CT molecular complexity index is 778. The summed E-state index contributed by atoms with van der Waals surface area (Å²) in [6, 6.07) is 5.75. The van der Waals surface area contributed by atoms with E-state index in [1.807, 2.05) is 25.1 Å². The number of nitrogens with zero attached hydrogens (tertiary/aromatic N) is 4. The van der Waals surface area contributed by atoms with Crippen LogP contribution in [0.5, 0.6) is 0 Å². The molecule has 0 aliphatic rings. The number of aryl methyl sites for hydroxylation is 2. The first-order valence-corrected chi connectivity index (χ1v) is 6.18. The summed E-state index contributed by atoms with van der Waals surface area (Å²) in [5.74, 6) is 1.05. The summed E-state index contributed by atoms with van der Waals surface area (Å²) >= 11 is 6.15. The lowest BCUT2D eigenvalue weighted by Crippen LogP contribution is -2.01. The summed E-state index contributed by atoms with van der Waals surface area (Å²) in [7, 11) is 0. The SMILES string of the molecule is Cc1nc(N)c2cnn(-c3ccc(C)c(Cl)c3)c2n1. The van der Waals surface area contributed by atoms with Gasteiger partial charge in [-0.1, -0.05) is 17.7 Å². The second-order valence-electron chi connectivity index (χ2n) is 4.38. The van der Waals surface area contributed by atoms with Crippen molar-refractivity contribution < 1.29 is 0 Å². The molecule has 0 aliphatic carbocycles. The van der Waals surface area contributed by atoms with E-state index in [0.717, 1.165) is 16.6 Å². The molecule has 0 bridgehead atoms. The molecule has 0 aliphatic heterocycles. The van der Waals surface area contributed by atoms with Gasteiger partial charge in [0.05, 0.1) is 17.3 Å². The fraction of sp³-hybridized carbons (Fsp3) is 0.154. The lowest BCUT2D eigenvalue weighted by Gasteiger charge is -2.06. The molecule has 0 unspecified atom stereocenters. The van der Waals surface area contributed by atoms with E-state index in [-0.39, 0.29) is 0 Å². The number of halogens is 1. The van der Waals surface area contributed by atoms with Crippen LogP contribution in [0.15, 0.2) is 24.4 Å². The van der Waals surface area contributed by atoms with Crippen LogP contribution in [0.25, 0.3) is 16.7 Å². The molecular weight excluding hydrogens is 262 g/mol. The summed E-state index contributed by atoms with van der Waals surface area (Å²) in [6.45, 7) is 3.76. The maximum Gasteiger partial charge on any atom is 0.168 e. The van der Waals surface area contributed by atoms with Gasteiger partial charge >= 0.3 is 0 Å². The summed E-state index contributed by atoms with van der Waals surface area (Å²) in [5.41, 5.74) is 8.43. The molecule has 0 amide bonds. The molecule has 3 rings (SSSR count). The molecule has 6 heteroatoms. The molecule has 5 nitrogen and oxygen atoms in total. The van der Waals surface area contributed by atoms with Gasteiger partial charge in [-0.15, -0.1) is 0 Å². The van der Waals surface area contributed by atoms with Crippen LogP contribution >= 0.6 is 11.6 Å². The maximum atomic E-state index is 6.15. The van der Waals surface area contributed by atoms with Gasteiger partial charge in [0.25, 0.3) is 0 Å². The van der Waals surface area contributed by atoms with Crippen LogP contribution in [0.1, 0.15) is 11.4 Å². The zero-order valence-corrected chi connectivity index (χ0v) is 11.3. The van der Waals surface area contributed by atoms with Crippen LogP contribution in [0.3, 0.4) is 0 Å². The number of anilines is 1. The van der Waals surface area contributed by atoms with Crippen molar-refractivity contribution in [1.82, 2.24) is 19.7 Å². The number of benzene rings is 1. The average molecular weight is 274 g/mol. The minimum atomic E-state index is 0.437. The molecule has 0 saturated heterocycles. The van der Waals surface area contributed by atoms with Gasteiger partial charge in [0, 0.05) is 5.02 Å². The molecule has 0 spiro atoms. The van der Waals surface area contributed by atoms with Gasteiger partial charge in [0.2, 0.25) is 0 Å². The number of nitrogens with two attached hydrogens (primary N) is 1.